The fourth-order valence-electron chi connectivity index (χ4n) is 2.86. The molecule has 0 aliphatic carbocycles. The number of nitrogens with one attached hydrogen (secondary N) is 1. The van der Waals surface area contributed by atoms with E-state index in [1.165, 1.54) is 0 Å². The van der Waals surface area contributed by atoms with Gasteiger partial charge < -0.3 is 10.4 Å². The highest BCUT2D eigenvalue weighted by atomic mass is 32.1. The minimum absolute atomic E-state index is 0.160. The summed E-state index contributed by atoms with van der Waals surface area (Å²) < 4.78 is 0. The first-order valence-electron chi connectivity index (χ1n) is 8.79. The number of nitrogens with zero attached hydrogens (tertiary/aromatic N) is 2. The lowest BCUT2D eigenvalue weighted by molar-refractivity contribution is 0.120. The van der Waals surface area contributed by atoms with Crippen molar-refractivity contribution in [3.8, 4) is 0 Å². The monoisotopic (exact) mass is 377 g/mol. The van der Waals surface area contributed by atoms with Crippen molar-refractivity contribution in [3.05, 3.63) is 95.6 Å². The summed E-state index contributed by atoms with van der Waals surface area (Å²) >= 11 is 5.42. The number of aliphatic hydroxyl groups is 1. The molecule has 3 aromatic rings. The van der Waals surface area contributed by atoms with Crippen LogP contribution in [0.5, 0.6) is 0 Å². The Morgan fingerprint density at radius 1 is 0.852 bits per heavy atom. The maximum absolute atomic E-state index is 11.7. The zero-order valence-electron chi connectivity index (χ0n) is 15.7. The molecule has 0 aliphatic heterocycles. The van der Waals surface area contributed by atoms with E-state index in [-0.39, 0.29) is 5.54 Å². The van der Waals surface area contributed by atoms with Crippen molar-refractivity contribution in [3.63, 3.8) is 0 Å². The molecular formula is C22H23N3OS. The van der Waals surface area contributed by atoms with Crippen molar-refractivity contribution in [1.29, 1.82) is 0 Å². The second-order valence-corrected chi connectivity index (χ2v) is 7.84. The summed E-state index contributed by atoms with van der Waals surface area (Å²) in [6.45, 7) is 6.10. The molecule has 1 aromatic heterocycles. The van der Waals surface area contributed by atoms with Crippen molar-refractivity contribution >= 4 is 17.2 Å². The highest BCUT2D eigenvalue weighted by molar-refractivity contribution is 7.80. The van der Waals surface area contributed by atoms with E-state index in [0.717, 1.165) is 11.1 Å². The Labute approximate surface area is 165 Å². The van der Waals surface area contributed by atoms with Gasteiger partial charge in [0, 0.05) is 5.54 Å². The van der Waals surface area contributed by atoms with Gasteiger partial charge in [-0.15, -0.1) is 0 Å². The highest BCUT2D eigenvalue weighted by Crippen LogP contribution is 2.34. The van der Waals surface area contributed by atoms with Gasteiger partial charge in [0.25, 0.3) is 0 Å². The van der Waals surface area contributed by atoms with Gasteiger partial charge in [-0.2, -0.15) is 0 Å². The van der Waals surface area contributed by atoms with Crippen LogP contribution in [-0.2, 0) is 5.60 Å². The fraction of sp³-hybridized carbons (Fsp3) is 0.227. The molecule has 0 aliphatic rings. The molecule has 2 N–H and O–H groups in total. The van der Waals surface area contributed by atoms with Gasteiger partial charge in [0.2, 0.25) is 0 Å². The number of rotatable bonds is 4. The van der Waals surface area contributed by atoms with Gasteiger partial charge in [0.05, 0.1) is 18.1 Å². The van der Waals surface area contributed by atoms with Gasteiger partial charge in [0.1, 0.15) is 10.7 Å². The summed E-state index contributed by atoms with van der Waals surface area (Å²) in [6, 6.07) is 19.0. The van der Waals surface area contributed by atoms with Crippen LogP contribution in [0.4, 0.5) is 0 Å². The number of aromatic nitrogens is 2. The Morgan fingerprint density at radius 3 is 1.78 bits per heavy atom. The van der Waals surface area contributed by atoms with Crippen molar-refractivity contribution in [2.24, 2.45) is 0 Å². The van der Waals surface area contributed by atoms with E-state index in [1.807, 2.05) is 81.4 Å². The topological polar surface area (TPSA) is 58.0 Å². The van der Waals surface area contributed by atoms with Gasteiger partial charge >= 0.3 is 0 Å². The molecular weight excluding hydrogens is 354 g/mol. The van der Waals surface area contributed by atoms with Gasteiger partial charge in [-0.05, 0) is 31.9 Å². The van der Waals surface area contributed by atoms with Crippen LogP contribution in [0.15, 0.2) is 73.1 Å². The Balaban J connectivity index is 2.03. The van der Waals surface area contributed by atoms with Crippen LogP contribution >= 0.6 is 12.2 Å². The molecule has 2 aromatic carbocycles. The maximum Gasteiger partial charge on any atom is 0.158 e. The molecule has 0 spiro atoms. The van der Waals surface area contributed by atoms with E-state index < -0.39 is 5.60 Å². The van der Waals surface area contributed by atoms with Crippen molar-refractivity contribution in [2.75, 3.05) is 0 Å². The predicted molar refractivity (Wildman–Crippen MR) is 112 cm³/mol. The Hall–Kier alpha value is -2.63. The molecule has 0 saturated carbocycles. The zero-order valence-corrected chi connectivity index (χ0v) is 16.5. The minimum atomic E-state index is -1.40. The molecule has 0 fully saturated rings. The lowest BCUT2D eigenvalue weighted by Gasteiger charge is -2.29. The van der Waals surface area contributed by atoms with E-state index in [1.54, 1.807) is 12.4 Å². The normalized spacial score (nSPS) is 11.9. The minimum Gasteiger partial charge on any atom is -0.374 e. The Morgan fingerprint density at radius 2 is 1.37 bits per heavy atom. The van der Waals surface area contributed by atoms with E-state index in [4.69, 9.17) is 12.2 Å². The SMILES string of the molecule is CC(C)(C)NC(=S)c1cnc(C(O)(c2ccccc2)c2ccccc2)cn1. The van der Waals surface area contributed by atoms with Gasteiger partial charge in [0.15, 0.2) is 5.60 Å². The third-order valence-electron chi connectivity index (χ3n) is 4.13. The second kappa shape index (κ2) is 7.55. The molecule has 0 amide bonds. The van der Waals surface area contributed by atoms with Crippen molar-refractivity contribution in [1.82, 2.24) is 15.3 Å². The van der Waals surface area contributed by atoms with Crippen LogP contribution in [0.1, 0.15) is 43.3 Å². The second-order valence-electron chi connectivity index (χ2n) is 7.43. The van der Waals surface area contributed by atoms with Crippen LogP contribution < -0.4 is 5.32 Å². The smallest absolute Gasteiger partial charge is 0.158 e. The van der Waals surface area contributed by atoms with Crippen LogP contribution in [0.25, 0.3) is 0 Å². The Kier molecular flexibility index (Phi) is 5.35. The molecule has 138 valence electrons. The van der Waals surface area contributed by atoms with E-state index in [0.29, 0.717) is 16.4 Å². The standard InChI is InChI=1S/C22H23N3OS/c1-21(2,3)25-20(27)18-14-24-19(15-23-18)22(26,16-10-6-4-7-11-16)17-12-8-5-9-13-17/h4-15,26H,1-3H3,(H,25,27). The first-order valence-corrected chi connectivity index (χ1v) is 9.20. The average Bonchev–Trinajstić information content (AvgIpc) is 2.67. The third kappa shape index (κ3) is 4.21. The van der Waals surface area contributed by atoms with Crippen LogP contribution in [0, 0.1) is 0 Å². The molecule has 1 heterocycles. The number of hydrogen-bond donors (Lipinski definition) is 2. The number of thiocarbonyl (C=S) groups is 1. The quantitative estimate of drug-likeness (QED) is 0.677. The first-order chi connectivity index (χ1) is 12.8. The molecule has 0 saturated heterocycles. The molecule has 0 unspecified atom stereocenters. The molecule has 0 bridgehead atoms. The van der Waals surface area contributed by atoms with E-state index >= 15 is 0 Å². The van der Waals surface area contributed by atoms with Crippen molar-refractivity contribution in [2.45, 2.75) is 31.9 Å². The van der Waals surface area contributed by atoms with Crippen LogP contribution in [0.2, 0.25) is 0 Å². The van der Waals surface area contributed by atoms with Crippen molar-refractivity contribution < 1.29 is 5.11 Å². The fourth-order valence-corrected chi connectivity index (χ4v) is 3.27. The highest BCUT2D eigenvalue weighted by Gasteiger charge is 2.35. The lowest BCUT2D eigenvalue weighted by atomic mass is 9.84. The summed E-state index contributed by atoms with van der Waals surface area (Å²) in [5.41, 5.74) is 0.927. The summed E-state index contributed by atoms with van der Waals surface area (Å²) in [5, 5.41) is 14.9. The largest absolute Gasteiger partial charge is 0.374 e. The average molecular weight is 378 g/mol. The van der Waals surface area contributed by atoms with Gasteiger partial charge in [-0.1, -0.05) is 72.9 Å². The van der Waals surface area contributed by atoms with Crippen LogP contribution in [0.3, 0.4) is 0 Å². The number of hydrogen-bond acceptors (Lipinski definition) is 4. The number of benzene rings is 2. The maximum atomic E-state index is 11.7. The zero-order chi connectivity index (χ0) is 19.5. The summed E-state index contributed by atoms with van der Waals surface area (Å²) in [5.74, 6) is 0. The Bertz CT molecular complexity index is 864. The van der Waals surface area contributed by atoms with E-state index in [9.17, 15) is 5.11 Å². The molecule has 3 rings (SSSR count). The molecule has 4 nitrogen and oxygen atoms in total. The van der Waals surface area contributed by atoms with Gasteiger partial charge in [-0.3, -0.25) is 9.97 Å². The summed E-state index contributed by atoms with van der Waals surface area (Å²) in [6.07, 6.45) is 3.19. The predicted octanol–water partition coefficient (Wildman–Crippen LogP) is 3.82. The third-order valence-corrected chi connectivity index (χ3v) is 4.44. The van der Waals surface area contributed by atoms with E-state index in [2.05, 4.69) is 15.3 Å². The first kappa shape index (κ1) is 19.1. The summed E-state index contributed by atoms with van der Waals surface area (Å²) in [7, 11) is 0. The van der Waals surface area contributed by atoms with Gasteiger partial charge in [-0.25, -0.2) is 0 Å². The molecule has 5 heteroatoms. The van der Waals surface area contributed by atoms with Crippen LogP contribution in [-0.4, -0.2) is 25.6 Å². The summed E-state index contributed by atoms with van der Waals surface area (Å²) in [4.78, 5) is 9.50. The molecule has 0 atom stereocenters. The lowest BCUT2D eigenvalue weighted by Crippen LogP contribution is -2.40. The molecule has 0 radical (unpaired) electrons. The molecule has 27 heavy (non-hydrogen) atoms.